The van der Waals surface area contributed by atoms with E-state index >= 15 is 0 Å². The number of nitrogens with one attached hydrogen (secondary N) is 2. The number of thioether (sulfide) groups is 1. The van der Waals surface area contributed by atoms with Gasteiger partial charge in [0.15, 0.2) is 5.11 Å². The van der Waals surface area contributed by atoms with E-state index in [1.54, 1.807) is 11.8 Å². The predicted molar refractivity (Wildman–Crippen MR) is 130 cm³/mol. The van der Waals surface area contributed by atoms with Gasteiger partial charge in [0.25, 0.3) is 0 Å². The number of nitrogens with zero attached hydrogens (tertiary/aromatic N) is 1. The minimum Gasteiger partial charge on any atom is -0.362 e. The highest BCUT2D eigenvalue weighted by atomic mass is 35.5. The molecule has 1 fully saturated rings. The molecule has 1 aliphatic heterocycles. The number of anilines is 2. The smallest absolute Gasteiger partial charge is 0.227 e. The zero-order chi connectivity index (χ0) is 20.8. The van der Waals surface area contributed by atoms with Crippen LogP contribution in [0, 0.1) is 6.92 Å². The zero-order valence-corrected chi connectivity index (χ0v) is 19.3. The quantitative estimate of drug-likeness (QED) is 0.406. The minimum absolute atomic E-state index is 0.198. The summed E-state index contributed by atoms with van der Waals surface area (Å²) < 4.78 is 0. The molecule has 1 saturated heterocycles. The highest BCUT2D eigenvalue weighted by Gasteiger charge is 2.22. The summed E-state index contributed by atoms with van der Waals surface area (Å²) in [6, 6.07) is 11.7. The maximum Gasteiger partial charge on any atom is 0.227 e. The average molecular weight is 468 g/mol. The van der Waals surface area contributed by atoms with Crippen molar-refractivity contribution < 1.29 is 4.79 Å². The summed E-state index contributed by atoms with van der Waals surface area (Å²) in [6.45, 7) is 3.58. The van der Waals surface area contributed by atoms with Crippen molar-refractivity contribution in [2.24, 2.45) is 0 Å². The first-order valence-electron chi connectivity index (χ1n) is 9.41. The van der Waals surface area contributed by atoms with Gasteiger partial charge in [0.05, 0.1) is 10.0 Å². The summed E-state index contributed by atoms with van der Waals surface area (Å²) in [6.07, 6.45) is 1.56. The van der Waals surface area contributed by atoms with Crippen molar-refractivity contribution in [1.29, 1.82) is 0 Å². The maximum absolute atomic E-state index is 11.9. The van der Waals surface area contributed by atoms with Crippen LogP contribution in [0.2, 0.25) is 10.0 Å². The molecule has 0 atom stereocenters. The van der Waals surface area contributed by atoms with Crippen LogP contribution in [0.25, 0.3) is 0 Å². The van der Waals surface area contributed by atoms with Crippen LogP contribution in [-0.4, -0.2) is 29.9 Å². The molecule has 0 bridgehead atoms. The summed E-state index contributed by atoms with van der Waals surface area (Å²) in [5.74, 6) is 1.98. The summed E-state index contributed by atoms with van der Waals surface area (Å²) in [5, 5.41) is 8.18. The third-order valence-corrected chi connectivity index (χ3v) is 6.62. The molecule has 1 aliphatic rings. The topological polar surface area (TPSA) is 44.4 Å². The first kappa shape index (κ1) is 22.2. The fourth-order valence-electron chi connectivity index (χ4n) is 3.17. The van der Waals surface area contributed by atoms with Gasteiger partial charge in [-0.25, -0.2) is 0 Å². The largest absolute Gasteiger partial charge is 0.362 e. The standard InChI is InChI=1S/C21H23Cl2N3OS2/c1-14-11-16(5-7-19(14)26-9-2-3-20(26)27)25-21(28)24-8-10-29-13-15-4-6-17(22)18(23)12-15/h4-7,11-12H,2-3,8-10,13H2,1H3,(H2,24,25,28). The Labute approximate surface area is 191 Å². The van der Waals surface area contributed by atoms with Gasteiger partial charge in [-0.15, -0.1) is 0 Å². The molecular weight excluding hydrogens is 445 g/mol. The van der Waals surface area contributed by atoms with Crippen LogP contribution < -0.4 is 15.5 Å². The summed E-state index contributed by atoms with van der Waals surface area (Å²) in [7, 11) is 0. The molecule has 2 aromatic carbocycles. The van der Waals surface area contributed by atoms with Crippen molar-refractivity contribution in [3.8, 4) is 0 Å². The number of hydrogen-bond acceptors (Lipinski definition) is 3. The van der Waals surface area contributed by atoms with Crippen molar-refractivity contribution in [3.05, 3.63) is 57.6 Å². The Bertz CT molecular complexity index is 907. The van der Waals surface area contributed by atoms with Gasteiger partial charge in [-0.05, 0) is 67.0 Å². The van der Waals surface area contributed by atoms with Crippen molar-refractivity contribution in [2.45, 2.75) is 25.5 Å². The van der Waals surface area contributed by atoms with Crippen LogP contribution in [0.15, 0.2) is 36.4 Å². The molecule has 154 valence electrons. The minimum atomic E-state index is 0.198. The second kappa shape index (κ2) is 10.5. The number of rotatable bonds is 7. The van der Waals surface area contributed by atoms with Gasteiger partial charge in [-0.2, -0.15) is 11.8 Å². The number of aryl methyl sites for hydroxylation is 1. The number of carbonyl (C=O) groups excluding carboxylic acids is 1. The number of amides is 1. The lowest BCUT2D eigenvalue weighted by Gasteiger charge is -2.19. The molecule has 8 heteroatoms. The van der Waals surface area contributed by atoms with Crippen molar-refractivity contribution in [1.82, 2.24) is 5.32 Å². The van der Waals surface area contributed by atoms with E-state index in [9.17, 15) is 4.79 Å². The van der Waals surface area contributed by atoms with Crippen LogP contribution in [0.1, 0.15) is 24.0 Å². The molecule has 2 N–H and O–H groups in total. The van der Waals surface area contributed by atoms with Gasteiger partial charge >= 0.3 is 0 Å². The Hall–Kier alpha value is -1.47. The van der Waals surface area contributed by atoms with Crippen LogP contribution in [0.5, 0.6) is 0 Å². The van der Waals surface area contributed by atoms with E-state index in [1.165, 1.54) is 0 Å². The second-order valence-corrected chi connectivity index (χ2v) is 9.16. The number of halogens is 2. The Morgan fingerprint density at radius 1 is 1.21 bits per heavy atom. The molecule has 0 aliphatic carbocycles. The van der Waals surface area contributed by atoms with Gasteiger partial charge in [-0.1, -0.05) is 29.3 Å². The van der Waals surface area contributed by atoms with Crippen LogP contribution in [0.4, 0.5) is 11.4 Å². The van der Waals surface area contributed by atoms with Crippen molar-refractivity contribution in [2.75, 3.05) is 29.1 Å². The van der Waals surface area contributed by atoms with E-state index in [0.717, 1.165) is 53.5 Å². The van der Waals surface area contributed by atoms with Crippen LogP contribution >= 0.6 is 47.2 Å². The monoisotopic (exact) mass is 467 g/mol. The molecular formula is C21H23Cl2N3OS2. The zero-order valence-electron chi connectivity index (χ0n) is 16.1. The van der Waals surface area contributed by atoms with E-state index in [2.05, 4.69) is 10.6 Å². The van der Waals surface area contributed by atoms with Crippen LogP contribution in [0.3, 0.4) is 0 Å². The lowest BCUT2D eigenvalue weighted by atomic mass is 10.1. The summed E-state index contributed by atoms with van der Waals surface area (Å²) in [4.78, 5) is 13.8. The van der Waals surface area contributed by atoms with Crippen molar-refractivity contribution >= 4 is 69.6 Å². The van der Waals surface area contributed by atoms with E-state index in [0.29, 0.717) is 21.6 Å². The van der Waals surface area contributed by atoms with Gasteiger partial charge < -0.3 is 15.5 Å². The van der Waals surface area contributed by atoms with Gasteiger partial charge in [0, 0.05) is 42.4 Å². The lowest BCUT2D eigenvalue weighted by Crippen LogP contribution is -2.30. The first-order chi connectivity index (χ1) is 13.9. The molecule has 29 heavy (non-hydrogen) atoms. The first-order valence-corrected chi connectivity index (χ1v) is 11.7. The summed E-state index contributed by atoms with van der Waals surface area (Å²) >= 11 is 19.2. The van der Waals surface area contributed by atoms with Crippen molar-refractivity contribution in [3.63, 3.8) is 0 Å². The lowest BCUT2D eigenvalue weighted by molar-refractivity contribution is -0.117. The SMILES string of the molecule is Cc1cc(NC(=S)NCCSCc2ccc(Cl)c(Cl)c2)ccc1N1CCCC1=O. The van der Waals surface area contributed by atoms with Crippen LogP contribution in [-0.2, 0) is 10.5 Å². The fraction of sp³-hybridized carbons (Fsp3) is 0.333. The number of thiocarbonyl (C=S) groups is 1. The van der Waals surface area contributed by atoms with E-state index in [1.807, 2.05) is 48.2 Å². The van der Waals surface area contributed by atoms with E-state index in [4.69, 9.17) is 35.4 Å². The molecule has 0 radical (unpaired) electrons. The third-order valence-electron chi connectivity index (χ3n) is 4.60. The number of hydrogen-bond donors (Lipinski definition) is 2. The van der Waals surface area contributed by atoms with E-state index < -0.39 is 0 Å². The highest BCUT2D eigenvalue weighted by Crippen LogP contribution is 2.27. The molecule has 1 amide bonds. The van der Waals surface area contributed by atoms with Gasteiger partial charge in [-0.3, -0.25) is 4.79 Å². The highest BCUT2D eigenvalue weighted by molar-refractivity contribution is 7.98. The Morgan fingerprint density at radius 2 is 2.03 bits per heavy atom. The molecule has 0 spiro atoms. The maximum atomic E-state index is 11.9. The Kier molecular flexibility index (Phi) is 8.07. The molecule has 0 aromatic heterocycles. The molecule has 3 rings (SSSR count). The molecule has 2 aromatic rings. The second-order valence-electron chi connectivity index (χ2n) is 6.83. The Balaban J connectivity index is 1.40. The molecule has 0 unspecified atom stereocenters. The van der Waals surface area contributed by atoms with Gasteiger partial charge in [0.2, 0.25) is 5.91 Å². The molecule has 1 heterocycles. The average Bonchev–Trinajstić information content (AvgIpc) is 3.10. The number of benzene rings is 2. The normalized spacial score (nSPS) is 13.6. The molecule has 4 nitrogen and oxygen atoms in total. The third kappa shape index (κ3) is 6.25. The molecule has 0 saturated carbocycles. The Morgan fingerprint density at radius 3 is 2.72 bits per heavy atom. The van der Waals surface area contributed by atoms with Gasteiger partial charge in [0.1, 0.15) is 0 Å². The van der Waals surface area contributed by atoms with E-state index in [-0.39, 0.29) is 5.91 Å². The predicted octanol–water partition coefficient (Wildman–Crippen LogP) is 5.65. The number of carbonyl (C=O) groups is 1. The summed E-state index contributed by atoms with van der Waals surface area (Å²) in [5.41, 5.74) is 4.11. The fourth-order valence-corrected chi connectivity index (χ4v) is 4.52.